The van der Waals surface area contributed by atoms with Gasteiger partial charge in [0.05, 0.1) is 21.2 Å². The molecule has 0 aliphatic rings. The average Bonchev–Trinajstić information content (AvgIpc) is 2.78. The lowest BCUT2D eigenvalue weighted by atomic mass is 10.2. The van der Waals surface area contributed by atoms with Gasteiger partial charge < -0.3 is 10.1 Å². The Morgan fingerprint density at radius 1 is 1.03 bits per heavy atom. The molecule has 0 atom stereocenters. The highest BCUT2D eigenvalue weighted by molar-refractivity contribution is 7.92. The van der Waals surface area contributed by atoms with Gasteiger partial charge in [-0.2, -0.15) is 0 Å². The van der Waals surface area contributed by atoms with Crippen LogP contribution >= 0.6 is 23.2 Å². The van der Waals surface area contributed by atoms with Crippen LogP contribution in [-0.2, 0) is 19.6 Å². The Morgan fingerprint density at radius 2 is 1.78 bits per heavy atom. The first-order chi connectivity index (χ1) is 15.2. The van der Waals surface area contributed by atoms with E-state index >= 15 is 0 Å². The topological polar surface area (TPSA) is 106 Å². The Hall–Kier alpha value is -3.14. The number of benzene rings is 2. The highest BCUT2D eigenvalue weighted by Gasteiger charge is 2.23. The van der Waals surface area contributed by atoms with Crippen molar-refractivity contribution in [2.24, 2.45) is 0 Å². The third-order valence-electron chi connectivity index (χ3n) is 4.23. The van der Waals surface area contributed by atoms with E-state index in [-0.39, 0.29) is 16.3 Å². The number of amides is 1. The lowest BCUT2D eigenvalue weighted by Crippen LogP contribution is -2.27. The van der Waals surface area contributed by atoms with Crippen LogP contribution in [0, 0.1) is 0 Å². The van der Waals surface area contributed by atoms with E-state index < -0.39 is 28.5 Å². The molecule has 0 unspecified atom stereocenters. The van der Waals surface area contributed by atoms with Crippen LogP contribution in [0.1, 0.15) is 10.4 Å². The van der Waals surface area contributed by atoms with E-state index in [1.54, 1.807) is 24.3 Å². The number of sulfonamides is 1. The van der Waals surface area contributed by atoms with Crippen molar-refractivity contribution in [2.75, 3.05) is 23.3 Å². The van der Waals surface area contributed by atoms with Crippen LogP contribution in [0.25, 0.3) is 0 Å². The lowest BCUT2D eigenvalue weighted by molar-refractivity contribution is -0.119. The van der Waals surface area contributed by atoms with Crippen molar-refractivity contribution in [3.05, 3.63) is 82.5 Å². The standard InChI is InChI=1S/C21H17Cl2N3O5S/c1-26(17-6-3-5-15(22)11-17)32(29,30)18-7-2-4-14(10-18)21(28)31-13-20(27)25-19-9-8-16(23)12-24-19/h2-12H,13H2,1H3,(H,24,25,27). The molecule has 0 bridgehead atoms. The van der Waals surface area contributed by atoms with Crippen LogP contribution in [0.2, 0.25) is 10.0 Å². The van der Waals surface area contributed by atoms with Crippen LogP contribution < -0.4 is 9.62 Å². The Kier molecular flexibility index (Phi) is 7.34. The maximum atomic E-state index is 13.0. The molecule has 1 N–H and O–H groups in total. The van der Waals surface area contributed by atoms with E-state index in [9.17, 15) is 18.0 Å². The molecule has 2 aromatic carbocycles. The number of esters is 1. The molecule has 3 rings (SSSR count). The van der Waals surface area contributed by atoms with Gasteiger partial charge in [-0.3, -0.25) is 9.10 Å². The van der Waals surface area contributed by atoms with Gasteiger partial charge >= 0.3 is 5.97 Å². The quantitative estimate of drug-likeness (QED) is 0.498. The molecule has 0 saturated heterocycles. The molecule has 11 heteroatoms. The fourth-order valence-electron chi connectivity index (χ4n) is 2.60. The molecule has 3 aromatic rings. The second-order valence-corrected chi connectivity index (χ2v) is 9.31. The van der Waals surface area contributed by atoms with E-state index in [2.05, 4.69) is 10.3 Å². The number of pyridine rings is 1. The van der Waals surface area contributed by atoms with Crippen molar-refractivity contribution in [1.29, 1.82) is 0 Å². The summed E-state index contributed by atoms with van der Waals surface area (Å²) < 4.78 is 32.0. The summed E-state index contributed by atoms with van der Waals surface area (Å²) in [7, 11) is -2.60. The van der Waals surface area contributed by atoms with Gasteiger partial charge in [-0.15, -0.1) is 0 Å². The van der Waals surface area contributed by atoms with Crippen molar-refractivity contribution in [3.8, 4) is 0 Å². The minimum Gasteiger partial charge on any atom is -0.452 e. The van der Waals surface area contributed by atoms with Gasteiger partial charge in [0.2, 0.25) is 0 Å². The number of hydrogen-bond acceptors (Lipinski definition) is 6. The second-order valence-electron chi connectivity index (χ2n) is 6.47. The molecule has 32 heavy (non-hydrogen) atoms. The van der Waals surface area contributed by atoms with Crippen molar-refractivity contribution in [1.82, 2.24) is 4.98 Å². The fourth-order valence-corrected chi connectivity index (χ4v) is 4.13. The average molecular weight is 494 g/mol. The Labute approximate surface area is 194 Å². The molecular weight excluding hydrogens is 477 g/mol. The zero-order valence-corrected chi connectivity index (χ0v) is 19.0. The fraction of sp³-hybridized carbons (Fsp3) is 0.0952. The van der Waals surface area contributed by atoms with Gasteiger partial charge in [-0.25, -0.2) is 18.2 Å². The number of rotatable bonds is 7. The lowest BCUT2D eigenvalue weighted by Gasteiger charge is -2.20. The molecule has 0 spiro atoms. The van der Waals surface area contributed by atoms with Gasteiger partial charge in [-0.05, 0) is 48.5 Å². The molecule has 166 valence electrons. The second kappa shape index (κ2) is 9.99. The Morgan fingerprint density at radius 3 is 2.47 bits per heavy atom. The third-order valence-corrected chi connectivity index (χ3v) is 6.47. The molecule has 1 heterocycles. The van der Waals surface area contributed by atoms with Crippen molar-refractivity contribution in [3.63, 3.8) is 0 Å². The number of hydrogen-bond donors (Lipinski definition) is 1. The molecular formula is C21H17Cl2N3O5S. The minimum atomic E-state index is -3.97. The maximum absolute atomic E-state index is 13.0. The van der Waals surface area contributed by atoms with Crippen LogP contribution in [0.4, 0.5) is 11.5 Å². The normalized spacial score (nSPS) is 11.0. The Bertz CT molecular complexity index is 1250. The molecule has 0 saturated carbocycles. The molecule has 0 radical (unpaired) electrons. The zero-order chi connectivity index (χ0) is 23.3. The number of carbonyl (C=O) groups excluding carboxylic acids is 2. The van der Waals surface area contributed by atoms with Gasteiger partial charge in [0.25, 0.3) is 15.9 Å². The van der Waals surface area contributed by atoms with Crippen LogP contribution in [0.15, 0.2) is 71.8 Å². The van der Waals surface area contributed by atoms with Crippen LogP contribution in [-0.4, -0.2) is 38.9 Å². The van der Waals surface area contributed by atoms with Crippen molar-refractivity contribution in [2.45, 2.75) is 4.90 Å². The van der Waals surface area contributed by atoms with E-state index in [0.29, 0.717) is 15.7 Å². The van der Waals surface area contributed by atoms with Crippen LogP contribution in [0.3, 0.4) is 0 Å². The molecule has 1 amide bonds. The third kappa shape index (κ3) is 5.76. The highest BCUT2D eigenvalue weighted by Crippen LogP contribution is 2.25. The zero-order valence-electron chi connectivity index (χ0n) is 16.7. The maximum Gasteiger partial charge on any atom is 0.338 e. The summed E-state index contributed by atoms with van der Waals surface area (Å²) in [5.74, 6) is -1.23. The summed E-state index contributed by atoms with van der Waals surface area (Å²) >= 11 is 11.7. The number of aromatic nitrogens is 1. The SMILES string of the molecule is CN(c1cccc(Cl)c1)S(=O)(=O)c1cccc(C(=O)OCC(=O)Nc2ccc(Cl)cn2)c1. The monoisotopic (exact) mass is 493 g/mol. The number of ether oxygens (including phenoxy) is 1. The molecule has 0 aliphatic heterocycles. The van der Waals surface area contributed by atoms with Crippen LogP contribution in [0.5, 0.6) is 0 Å². The van der Waals surface area contributed by atoms with Gasteiger partial charge in [0.15, 0.2) is 6.61 Å². The molecule has 0 fully saturated rings. The number of carbonyl (C=O) groups is 2. The summed E-state index contributed by atoms with van der Waals surface area (Å²) in [6.45, 7) is -0.581. The van der Waals surface area contributed by atoms with E-state index in [1.807, 2.05) is 0 Å². The number of nitrogens with zero attached hydrogens (tertiary/aromatic N) is 2. The first-order valence-electron chi connectivity index (χ1n) is 9.10. The summed E-state index contributed by atoms with van der Waals surface area (Å²) in [4.78, 5) is 28.1. The predicted octanol–water partition coefficient (Wildman–Crippen LogP) is 4.01. The van der Waals surface area contributed by atoms with Gasteiger partial charge in [0.1, 0.15) is 5.82 Å². The highest BCUT2D eigenvalue weighted by atomic mass is 35.5. The van der Waals surface area contributed by atoms with Crippen molar-refractivity contribution < 1.29 is 22.7 Å². The summed E-state index contributed by atoms with van der Waals surface area (Å²) in [5, 5.41) is 3.24. The minimum absolute atomic E-state index is 0.0250. The Balaban J connectivity index is 1.68. The number of nitrogens with one attached hydrogen (secondary N) is 1. The number of anilines is 2. The van der Waals surface area contributed by atoms with Gasteiger partial charge in [0, 0.05) is 18.3 Å². The molecule has 8 nitrogen and oxygen atoms in total. The van der Waals surface area contributed by atoms with E-state index in [1.165, 1.54) is 49.6 Å². The summed E-state index contributed by atoms with van der Waals surface area (Å²) in [6.07, 6.45) is 1.36. The van der Waals surface area contributed by atoms with E-state index in [0.717, 1.165) is 4.31 Å². The number of halogens is 2. The molecule has 1 aromatic heterocycles. The largest absolute Gasteiger partial charge is 0.452 e. The predicted molar refractivity (Wildman–Crippen MR) is 122 cm³/mol. The molecule has 0 aliphatic carbocycles. The first-order valence-corrected chi connectivity index (χ1v) is 11.3. The van der Waals surface area contributed by atoms with Gasteiger partial charge in [-0.1, -0.05) is 35.3 Å². The van der Waals surface area contributed by atoms with Crippen molar-refractivity contribution >= 4 is 56.6 Å². The summed E-state index contributed by atoms with van der Waals surface area (Å²) in [5.41, 5.74) is 0.334. The summed E-state index contributed by atoms with van der Waals surface area (Å²) in [6, 6.07) is 14.7. The first kappa shape index (κ1) is 23.5. The smallest absolute Gasteiger partial charge is 0.338 e. The van der Waals surface area contributed by atoms with E-state index in [4.69, 9.17) is 27.9 Å².